The topological polar surface area (TPSA) is 78.3 Å². The first-order valence-corrected chi connectivity index (χ1v) is 8.94. The second-order valence-corrected chi connectivity index (χ2v) is 6.26. The fourth-order valence-corrected chi connectivity index (χ4v) is 2.95. The third-order valence-electron chi connectivity index (χ3n) is 4.34. The Balaban J connectivity index is 1.61. The van der Waals surface area contributed by atoms with Gasteiger partial charge in [-0.15, -0.1) is 0 Å². The Morgan fingerprint density at radius 2 is 2.07 bits per heavy atom. The van der Waals surface area contributed by atoms with Gasteiger partial charge in [-0.3, -0.25) is 9.78 Å². The van der Waals surface area contributed by atoms with Gasteiger partial charge in [-0.25, -0.2) is 15.0 Å². The fourth-order valence-electron chi connectivity index (χ4n) is 2.95. The molecule has 138 valence electrons. The molecule has 27 heavy (non-hydrogen) atoms. The minimum atomic E-state index is -0.409. The molecule has 1 aliphatic rings. The van der Waals surface area contributed by atoms with Crippen molar-refractivity contribution in [3.8, 4) is 16.9 Å². The van der Waals surface area contributed by atoms with E-state index < -0.39 is 6.29 Å². The third-order valence-corrected chi connectivity index (χ3v) is 4.34. The zero-order valence-corrected chi connectivity index (χ0v) is 14.7. The molecule has 0 aliphatic carbocycles. The zero-order valence-electron chi connectivity index (χ0n) is 14.7. The van der Waals surface area contributed by atoms with E-state index in [1.165, 1.54) is 0 Å². The van der Waals surface area contributed by atoms with Gasteiger partial charge in [0.05, 0.1) is 11.3 Å². The van der Waals surface area contributed by atoms with Gasteiger partial charge in [-0.2, -0.15) is 5.10 Å². The Morgan fingerprint density at radius 3 is 2.81 bits per heavy atom. The van der Waals surface area contributed by atoms with Crippen LogP contribution in [-0.2, 0) is 9.57 Å². The van der Waals surface area contributed by atoms with Crippen LogP contribution in [0.25, 0.3) is 16.9 Å². The predicted molar refractivity (Wildman–Crippen MR) is 98.9 cm³/mol. The van der Waals surface area contributed by atoms with Crippen molar-refractivity contribution in [2.75, 3.05) is 6.61 Å². The molecule has 1 atom stereocenters. The summed E-state index contributed by atoms with van der Waals surface area (Å²) >= 11 is 0. The Morgan fingerprint density at radius 1 is 1.19 bits per heavy atom. The molecule has 2 aromatic heterocycles. The molecule has 1 aliphatic heterocycles. The molecule has 0 saturated carbocycles. The summed E-state index contributed by atoms with van der Waals surface area (Å²) in [7, 11) is 0. The summed E-state index contributed by atoms with van der Waals surface area (Å²) in [6, 6.07) is 13.3. The van der Waals surface area contributed by atoms with Gasteiger partial charge < -0.3 is 4.74 Å². The molecule has 1 N–H and O–H groups in total. The Hall–Kier alpha value is -3.03. The van der Waals surface area contributed by atoms with E-state index in [1.54, 1.807) is 23.3 Å². The number of hydrogen-bond donors (Lipinski definition) is 1. The van der Waals surface area contributed by atoms with Gasteiger partial charge in [-0.1, -0.05) is 18.2 Å². The summed E-state index contributed by atoms with van der Waals surface area (Å²) in [5.41, 5.74) is 5.07. The van der Waals surface area contributed by atoms with E-state index in [0.717, 1.165) is 30.5 Å². The maximum atomic E-state index is 12.8. The molecule has 0 spiro atoms. The van der Waals surface area contributed by atoms with Gasteiger partial charge in [0.25, 0.3) is 5.91 Å². The molecule has 1 aromatic carbocycles. The molecule has 7 nitrogen and oxygen atoms in total. The highest BCUT2D eigenvalue weighted by atomic mass is 16.8. The average molecular weight is 364 g/mol. The van der Waals surface area contributed by atoms with Crippen molar-refractivity contribution < 1.29 is 14.4 Å². The van der Waals surface area contributed by atoms with Crippen LogP contribution >= 0.6 is 0 Å². The summed E-state index contributed by atoms with van der Waals surface area (Å²) in [5, 5.41) is 4.60. The third kappa shape index (κ3) is 4.05. The quantitative estimate of drug-likeness (QED) is 0.704. The summed E-state index contributed by atoms with van der Waals surface area (Å²) in [6.07, 6.45) is 7.45. The van der Waals surface area contributed by atoms with Gasteiger partial charge in [0.15, 0.2) is 6.29 Å². The molecule has 1 amide bonds. The van der Waals surface area contributed by atoms with E-state index in [-0.39, 0.29) is 5.91 Å². The number of nitrogens with zero attached hydrogens (tertiary/aromatic N) is 3. The van der Waals surface area contributed by atoms with E-state index in [2.05, 4.69) is 15.6 Å². The van der Waals surface area contributed by atoms with Gasteiger partial charge in [0.1, 0.15) is 5.69 Å². The van der Waals surface area contributed by atoms with Crippen LogP contribution in [0.3, 0.4) is 0 Å². The lowest BCUT2D eigenvalue weighted by molar-refractivity contribution is -0.186. The first-order valence-electron chi connectivity index (χ1n) is 8.94. The number of carbonyl (C=O) groups is 1. The normalized spacial score (nSPS) is 16.8. The van der Waals surface area contributed by atoms with Crippen LogP contribution in [0.4, 0.5) is 0 Å². The number of rotatable bonds is 5. The van der Waals surface area contributed by atoms with E-state index in [9.17, 15) is 4.79 Å². The van der Waals surface area contributed by atoms with Crippen LogP contribution in [0.1, 0.15) is 29.6 Å². The highest BCUT2D eigenvalue weighted by Crippen LogP contribution is 2.23. The van der Waals surface area contributed by atoms with Crippen LogP contribution in [0.15, 0.2) is 61.1 Å². The second-order valence-electron chi connectivity index (χ2n) is 6.26. The molecule has 3 aromatic rings. The summed E-state index contributed by atoms with van der Waals surface area (Å²) in [5.74, 6) is -0.370. The Kier molecular flexibility index (Phi) is 5.22. The lowest BCUT2D eigenvalue weighted by atomic mass is 10.1. The molecule has 1 unspecified atom stereocenters. The number of aromatic nitrogens is 3. The van der Waals surface area contributed by atoms with Gasteiger partial charge in [0.2, 0.25) is 0 Å². The monoisotopic (exact) mass is 364 g/mol. The maximum absolute atomic E-state index is 12.8. The van der Waals surface area contributed by atoms with Crippen molar-refractivity contribution in [1.82, 2.24) is 20.2 Å². The largest absolute Gasteiger partial charge is 0.350 e. The highest BCUT2D eigenvalue weighted by Gasteiger charge is 2.21. The molecular weight excluding hydrogens is 344 g/mol. The highest BCUT2D eigenvalue weighted by molar-refractivity contribution is 5.99. The van der Waals surface area contributed by atoms with E-state index >= 15 is 0 Å². The van der Waals surface area contributed by atoms with Crippen LogP contribution in [-0.4, -0.2) is 33.6 Å². The molecule has 7 heteroatoms. The van der Waals surface area contributed by atoms with Crippen molar-refractivity contribution in [2.45, 2.75) is 25.6 Å². The number of para-hydroxylation sites is 1. The van der Waals surface area contributed by atoms with Crippen LogP contribution in [0.2, 0.25) is 0 Å². The van der Waals surface area contributed by atoms with Crippen LogP contribution < -0.4 is 5.48 Å². The lowest BCUT2D eigenvalue weighted by Crippen LogP contribution is -2.33. The second kappa shape index (κ2) is 8.11. The average Bonchev–Trinajstić information content (AvgIpc) is 3.20. The van der Waals surface area contributed by atoms with Crippen molar-refractivity contribution >= 4 is 5.91 Å². The minimum Gasteiger partial charge on any atom is -0.350 e. The number of hydroxylamine groups is 1. The first kappa shape index (κ1) is 17.4. The maximum Gasteiger partial charge on any atom is 0.278 e. The summed E-state index contributed by atoms with van der Waals surface area (Å²) < 4.78 is 7.16. The molecule has 4 rings (SSSR count). The number of amides is 1. The van der Waals surface area contributed by atoms with Crippen LogP contribution in [0, 0.1) is 0 Å². The van der Waals surface area contributed by atoms with E-state index in [0.29, 0.717) is 17.9 Å². The van der Waals surface area contributed by atoms with Crippen LogP contribution in [0.5, 0.6) is 0 Å². The number of ether oxygens (including phenoxy) is 1. The first-order chi connectivity index (χ1) is 13.3. The number of carbonyl (C=O) groups excluding carboxylic acids is 1. The van der Waals surface area contributed by atoms with Gasteiger partial charge >= 0.3 is 0 Å². The predicted octanol–water partition coefficient (Wildman–Crippen LogP) is 3.12. The van der Waals surface area contributed by atoms with Gasteiger partial charge in [-0.05, 0) is 37.1 Å². The fraction of sp³-hybridized carbons (Fsp3) is 0.250. The van der Waals surface area contributed by atoms with Crippen molar-refractivity contribution in [3.63, 3.8) is 0 Å². The van der Waals surface area contributed by atoms with Crippen molar-refractivity contribution in [1.29, 1.82) is 0 Å². The smallest absolute Gasteiger partial charge is 0.278 e. The van der Waals surface area contributed by atoms with E-state index in [4.69, 9.17) is 9.57 Å². The summed E-state index contributed by atoms with van der Waals surface area (Å²) in [6.45, 7) is 0.646. The SMILES string of the molecule is O=C(NOC1CCCCO1)c1cn(-c2ccccc2)nc1-c1cccnc1. The summed E-state index contributed by atoms with van der Waals surface area (Å²) in [4.78, 5) is 22.3. The molecule has 1 saturated heterocycles. The lowest BCUT2D eigenvalue weighted by Gasteiger charge is -2.22. The molecule has 0 bridgehead atoms. The molecule has 3 heterocycles. The number of hydrogen-bond acceptors (Lipinski definition) is 5. The standard InChI is InChI=1S/C20H20N4O3/c25-20(23-27-18-10-4-5-12-26-18)17-14-24(16-8-2-1-3-9-16)22-19(17)15-7-6-11-21-13-15/h1-3,6-9,11,13-14,18H,4-5,10,12H2,(H,23,25). The number of nitrogens with one attached hydrogen (secondary N) is 1. The van der Waals surface area contributed by atoms with E-state index in [1.807, 2.05) is 42.5 Å². The zero-order chi connectivity index (χ0) is 18.5. The number of pyridine rings is 1. The van der Waals surface area contributed by atoms with Crippen molar-refractivity contribution in [2.24, 2.45) is 0 Å². The van der Waals surface area contributed by atoms with Crippen molar-refractivity contribution in [3.05, 3.63) is 66.6 Å². The Labute approximate surface area is 156 Å². The number of benzene rings is 1. The Bertz CT molecular complexity index is 890. The molecule has 1 fully saturated rings. The minimum absolute atomic E-state index is 0.370. The molecule has 0 radical (unpaired) electrons. The molecular formula is C20H20N4O3. The van der Waals surface area contributed by atoms with Gasteiger partial charge in [0, 0.05) is 37.2 Å².